The van der Waals surface area contributed by atoms with E-state index in [0.29, 0.717) is 5.75 Å². The van der Waals surface area contributed by atoms with Gasteiger partial charge in [-0.2, -0.15) is 8.78 Å². The Bertz CT molecular complexity index is 878. The van der Waals surface area contributed by atoms with Gasteiger partial charge in [-0.25, -0.2) is 0 Å². The second-order valence-corrected chi connectivity index (χ2v) is 9.06. The molecule has 2 aliphatic rings. The standard InChI is InChI=1S/C20H24F2NO6P/c1-4-28-30(26,29-5-2)20(21,22)16-8-6-7-15-17(16)19(25)23(18(15)24)13-9-11-14(27-3)12-10-13/h6,8-12,15-17H,4-5,7H2,1-3H3/t15-,16+,17-/m1/s1. The minimum Gasteiger partial charge on any atom is -0.497 e. The Morgan fingerprint density at radius 2 is 1.70 bits per heavy atom. The molecule has 1 aromatic rings. The highest BCUT2D eigenvalue weighted by Crippen LogP contribution is 2.67. The van der Waals surface area contributed by atoms with Gasteiger partial charge in [0.25, 0.3) is 0 Å². The summed E-state index contributed by atoms with van der Waals surface area (Å²) >= 11 is 0. The Labute approximate surface area is 173 Å². The topological polar surface area (TPSA) is 82.1 Å². The largest absolute Gasteiger partial charge is 0.497 e. The van der Waals surface area contributed by atoms with Gasteiger partial charge < -0.3 is 13.8 Å². The average molecular weight is 443 g/mol. The predicted molar refractivity (Wildman–Crippen MR) is 106 cm³/mol. The lowest BCUT2D eigenvalue weighted by Crippen LogP contribution is -2.41. The molecule has 0 spiro atoms. The van der Waals surface area contributed by atoms with E-state index in [4.69, 9.17) is 13.8 Å². The molecule has 164 valence electrons. The maximum absolute atomic E-state index is 15.4. The van der Waals surface area contributed by atoms with Crippen molar-refractivity contribution in [2.45, 2.75) is 25.9 Å². The van der Waals surface area contributed by atoms with Gasteiger partial charge >= 0.3 is 13.3 Å². The number of nitrogens with zero attached hydrogens (tertiary/aromatic N) is 1. The van der Waals surface area contributed by atoms with Crippen LogP contribution in [0.25, 0.3) is 0 Å². The molecule has 30 heavy (non-hydrogen) atoms. The van der Waals surface area contributed by atoms with Crippen LogP contribution >= 0.6 is 7.60 Å². The monoisotopic (exact) mass is 443 g/mol. The molecule has 10 heteroatoms. The van der Waals surface area contributed by atoms with Crippen molar-refractivity contribution < 1.29 is 36.7 Å². The van der Waals surface area contributed by atoms with Crippen molar-refractivity contribution in [1.82, 2.24) is 0 Å². The molecule has 0 N–H and O–H groups in total. The number of imide groups is 1. The number of halogens is 2. The number of amides is 2. The zero-order valence-corrected chi connectivity index (χ0v) is 17.8. The predicted octanol–water partition coefficient (Wildman–Crippen LogP) is 4.24. The number of hydrogen-bond donors (Lipinski definition) is 0. The Morgan fingerprint density at radius 3 is 2.23 bits per heavy atom. The second-order valence-electron chi connectivity index (χ2n) is 6.95. The summed E-state index contributed by atoms with van der Waals surface area (Å²) in [6.45, 7) is 2.36. The van der Waals surface area contributed by atoms with Crippen molar-refractivity contribution in [3.63, 3.8) is 0 Å². The third-order valence-electron chi connectivity index (χ3n) is 5.29. The highest BCUT2D eigenvalue weighted by Gasteiger charge is 2.65. The lowest BCUT2D eigenvalue weighted by atomic mass is 9.77. The molecule has 1 fully saturated rings. The fraction of sp³-hybridized carbons (Fsp3) is 0.500. The summed E-state index contributed by atoms with van der Waals surface area (Å²) in [6, 6.07) is 6.16. The average Bonchev–Trinajstić information content (AvgIpc) is 2.99. The van der Waals surface area contributed by atoms with Crippen LogP contribution in [0.5, 0.6) is 5.75 Å². The molecular formula is C20H24F2NO6P. The number of benzene rings is 1. The fourth-order valence-corrected chi connectivity index (χ4v) is 5.65. The van der Waals surface area contributed by atoms with Crippen molar-refractivity contribution in [3.05, 3.63) is 36.4 Å². The van der Waals surface area contributed by atoms with Crippen LogP contribution in [-0.2, 0) is 23.2 Å². The minimum atomic E-state index is -4.87. The first-order valence-electron chi connectivity index (χ1n) is 9.67. The molecule has 0 radical (unpaired) electrons. The number of carbonyl (C=O) groups is 2. The Kier molecular flexibility index (Phi) is 6.45. The molecule has 1 aromatic carbocycles. The van der Waals surface area contributed by atoms with Crippen LogP contribution in [0.2, 0.25) is 0 Å². The number of carbonyl (C=O) groups excluding carboxylic acids is 2. The van der Waals surface area contributed by atoms with E-state index >= 15 is 8.78 Å². The number of ether oxygens (including phenoxy) is 1. The van der Waals surface area contributed by atoms with E-state index < -0.39 is 42.8 Å². The van der Waals surface area contributed by atoms with Gasteiger partial charge in [-0.3, -0.25) is 19.1 Å². The highest BCUT2D eigenvalue weighted by atomic mass is 31.2. The lowest BCUT2D eigenvalue weighted by Gasteiger charge is -2.35. The molecule has 3 rings (SSSR count). The number of fused-ring (bicyclic) bond motifs is 1. The summed E-state index contributed by atoms with van der Waals surface area (Å²) in [4.78, 5) is 27.0. The van der Waals surface area contributed by atoms with Crippen LogP contribution in [0.3, 0.4) is 0 Å². The van der Waals surface area contributed by atoms with Gasteiger partial charge in [0.15, 0.2) is 0 Å². The van der Waals surface area contributed by atoms with Gasteiger partial charge in [0.05, 0.1) is 43.8 Å². The quantitative estimate of drug-likeness (QED) is 0.340. The second kappa shape index (κ2) is 8.57. The van der Waals surface area contributed by atoms with Crippen molar-refractivity contribution in [2.75, 3.05) is 25.2 Å². The molecule has 2 amide bonds. The van der Waals surface area contributed by atoms with Gasteiger partial charge in [0, 0.05) is 0 Å². The van der Waals surface area contributed by atoms with Crippen LogP contribution in [-0.4, -0.2) is 37.8 Å². The third-order valence-corrected chi connectivity index (χ3v) is 7.52. The maximum atomic E-state index is 15.4. The molecule has 1 aliphatic carbocycles. The molecule has 3 atom stereocenters. The first-order chi connectivity index (χ1) is 14.2. The fourth-order valence-electron chi connectivity index (χ4n) is 3.94. The first kappa shape index (κ1) is 22.6. The van der Waals surface area contributed by atoms with Crippen molar-refractivity contribution in [2.24, 2.45) is 17.8 Å². The van der Waals surface area contributed by atoms with E-state index in [-0.39, 0.29) is 25.3 Å². The summed E-state index contributed by atoms with van der Waals surface area (Å²) in [5.74, 6) is -4.94. The van der Waals surface area contributed by atoms with E-state index in [1.54, 1.807) is 12.1 Å². The van der Waals surface area contributed by atoms with Gasteiger partial charge in [-0.05, 0) is 44.5 Å². The summed E-state index contributed by atoms with van der Waals surface area (Å²) in [7, 11) is -3.40. The lowest BCUT2D eigenvalue weighted by molar-refractivity contribution is -0.126. The van der Waals surface area contributed by atoms with Crippen LogP contribution in [0, 0.1) is 17.8 Å². The Hall–Kier alpha value is -2.09. The SMILES string of the molecule is CCOP(=O)(OCC)C(F)(F)[C@H]1C=CC[C@H]2C(=O)N(c3ccc(OC)cc3)C(=O)[C@H]21. The zero-order valence-electron chi connectivity index (χ0n) is 16.9. The first-order valence-corrected chi connectivity index (χ1v) is 11.2. The molecule has 0 aromatic heterocycles. The van der Waals surface area contributed by atoms with E-state index in [0.717, 1.165) is 11.0 Å². The molecule has 0 unspecified atom stereocenters. The van der Waals surface area contributed by atoms with E-state index in [2.05, 4.69) is 0 Å². The van der Waals surface area contributed by atoms with Crippen molar-refractivity contribution in [1.29, 1.82) is 0 Å². The van der Waals surface area contributed by atoms with E-state index in [1.165, 1.54) is 39.2 Å². The molecule has 1 saturated heterocycles. The number of hydrogen-bond acceptors (Lipinski definition) is 6. The number of alkyl halides is 2. The highest BCUT2D eigenvalue weighted by molar-refractivity contribution is 7.55. The molecule has 7 nitrogen and oxygen atoms in total. The van der Waals surface area contributed by atoms with E-state index in [1.807, 2.05) is 0 Å². The van der Waals surface area contributed by atoms with Crippen LogP contribution in [0.4, 0.5) is 14.5 Å². The van der Waals surface area contributed by atoms with Crippen LogP contribution in [0.15, 0.2) is 36.4 Å². The number of rotatable bonds is 8. The van der Waals surface area contributed by atoms with Gasteiger partial charge in [-0.1, -0.05) is 12.2 Å². The van der Waals surface area contributed by atoms with Gasteiger partial charge in [-0.15, -0.1) is 0 Å². The third kappa shape index (κ3) is 3.59. The molecular weight excluding hydrogens is 419 g/mol. The summed E-state index contributed by atoms with van der Waals surface area (Å²) in [5.41, 5.74) is -3.72. The van der Waals surface area contributed by atoms with Crippen molar-refractivity contribution >= 4 is 25.1 Å². The van der Waals surface area contributed by atoms with Gasteiger partial charge in [0.1, 0.15) is 5.75 Å². The minimum absolute atomic E-state index is 0.141. The molecule has 1 heterocycles. The molecule has 1 aliphatic heterocycles. The number of allylic oxidation sites excluding steroid dienone is 2. The Morgan fingerprint density at radius 1 is 1.10 bits per heavy atom. The smallest absolute Gasteiger partial charge is 0.400 e. The number of anilines is 1. The zero-order chi connectivity index (χ0) is 22.1. The normalized spacial score (nSPS) is 24.3. The van der Waals surface area contributed by atoms with Crippen LogP contribution in [0.1, 0.15) is 20.3 Å². The maximum Gasteiger partial charge on any atom is 0.400 e. The van der Waals surface area contributed by atoms with Crippen molar-refractivity contribution in [3.8, 4) is 5.75 Å². The molecule has 0 bridgehead atoms. The Balaban J connectivity index is 1.99. The molecule has 0 saturated carbocycles. The summed E-state index contributed by atoms with van der Waals surface area (Å²) < 4.78 is 58.5. The van der Waals surface area contributed by atoms with Crippen LogP contribution < -0.4 is 9.64 Å². The van der Waals surface area contributed by atoms with E-state index in [9.17, 15) is 14.2 Å². The van der Waals surface area contributed by atoms with Gasteiger partial charge in [0.2, 0.25) is 11.8 Å². The summed E-state index contributed by atoms with van der Waals surface area (Å²) in [5, 5.41) is 0. The number of methoxy groups -OCH3 is 1. The summed E-state index contributed by atoms with van der Waals surface area (Å²) in [6.07, 6.45) is 2.71.